The number of carbonyl (C=O) groups excluding carboxylic acids is 1. The van der Waals surface area contributed by atoms with Crippen molar-refractivity contribution in [2.75, 3.05) is 6.61 Å². The molecule has 0 N–H and O–H groups in total. The van der Waals surface area contributed by atoms with Crippen LogP contribution in [0.3, 0.4) is 0 Å². The molecule has 0 fully saturated rings. The summed E-state index contributed by atoms with van der Waals surface area (Å²) in [4.78, 5) is 11.8. The standard InChI is InChI=1S/C29H58O2/c1-4-5-6-7-8-13-17-20-23-26-29(30)31-27-24-21-18-15-12-10-9-11-14-16-19-22-25-28(2)3/h28H,4-27H2,1-3H3. The van der Waals surface area contributed by atoms with Gasteiger partial charge < -0.3 is 4.74 Å². The van der Waals surface area contributed by atoms with Gasteiger partial charge in [0.25, 0.3) is 0 Å². The molecule has 0 heterocycles. The summed E-state index contributed by atoms with van der Waals surface area (Å²) >= 11 is 0. The van der Waals surface area contributed by atoms with Crippen molar-refractivity contribution in [3.05, 3.63) is 0 Å². The third-order valence-electron chi connectivity index (χ3n) is 6.42. The number of hydrogen-bond acceptors (Lipinski definition) is 2. The Morgan fingerprint density at radius 3 is 1.39 bits per heavy atom. The minimum Gasteiger partial charge on any atom is -0.466 e. The number of rotatable bonds is 25. The first-order chi connectivity index (χ1) is 15.2. The zero-order chi connectivity index (χ0) is 22.8. The van der Waals surface area contributed by atoms with Crippen molar-refractivity contribution in [1.82, 2.24) is 0 Å². The number of unbranched alkanes of at least 4 members (excludes halogenated alkanes) is 19. The third kappa shape index (κ3) is 27.4. The molecule has 2 heteroatoms. The summed E-state index contributed by atoms with van der Waals surface area (Å²) < 4.78 is 5.39. The van der Waals surface area contributed by atoms with E-state index in [0.717, 1.165) is 18.8 Å². The van der Waals surface area contributed by atoms with Crippen LogP contribution < -0.4 is 0 Å². The minimum atomic E-state index is 0.0205. The second kappa shape index (κ2) is 25.7. The van der Waals surface area contributed by atoms with E-state index in [9.17, 15) is 4.79 Å². The summed E-state index contributed by atoms with van der Waals surface area (Å²) in [6, 6.07) is 0. The van der Waals surface area contributed by atoms with Gasteiger partial charge in [0.05, 0.1) is 6.61 Å². The fourth-order valence-electron chi connectivity index (χ4n) is 4.26. The normalized spacial score (nSPS) is 11.4. The molecule has 0 aromatic carbocycles. The molecule has 0 saturated carbocycles. The molecular formula is C29H58O2. The van der Waals surface area contributed by atoms with Crippen LogP contribution in [0.2, 0.25) is 0 Å². The van der Waals surface area contributed by atoms with E-state index in [1.165, 1.54) is 128 Å². The fraction of sp³-hybridized carbons (Fsp3) is 0.966. The number of carbonyl (C=O) groups is 1. The number of esters is 1. The van der Waals surface area contributed by atoms with Crippen LogP contribution in [0, 0.1) is 5.92 Å². The molecule has 31 heavy (non-hydrogen) atoms. The van der Waals surface area contributed by atoms with E-state index in [1.807, 2.05) is 0 Å². The highest BCUT2D eigenvalue weighted by Crippen LogP contribution is 2.14. The van der Waals surface area contributed by atoms with Crippen molar-refractivity contribution in [3.8, 4) is 0 Å². The molecular weight excluding hydrogens is 380 g/mol. The first-order valence-electron chi connectivity index (χ1n) is 14.3. The molecule has 186 valence electrons. The average molecular weight is 439 g/mol. The Morgan fingerprint density at radius 2 is 0.935 bits per heavy atom. The Kier molecular flexibility index (Phi) is 25.3. The third-order valence-corrected chi connectivity index (χ3v) is 6.42. The molecule has 0 bridgehead atoms. The quantitative estimate of drug-likeness (QED) is 0.105. The van der Waals surface area contributed by atoms with E-state index in [4.69, 9.17) is 4.74 Å². The van der Waals surface area contributed by atoms with Gasteiger partial charge in [-0.1, -0.05) is 149 Å². The van der Waals surface area contributed by atoms with Gasteiger partial charge in [-0.3, -0.25) is 4.79 Å². The van der Waals surface area contributed by atoms with Gasteiger partial charge >= 0.3 is 5.97 Å². The first kappa shape index (κ1) is 30.5. The molecule has 0 rings (SSSR count). The van der Waals surface area contributed by atoms with Crippen LogP contribution in [-0.2, 0) is 9.53 Å². The SMILES string of the molecule is CCCCCCCCCCCC(=O)OCCCCCCCCCCCCCCC(C)C. The molecule has 0 spiro atoms. The maximum absolute atomic E-state index is 11.8. The molecule has 2 nitrogen and oxygen atoms in total. The Bertz CT molecular complexity index is 351. The summed E-state index contributed by atoms with van der Waals surface area (Å²) in [5, 5.41) is 0. The highest BCUT2D eigenvalue weighted by Gasteiger charge is 2.02. The number of hydrogen-bond donors (Lipinski definition) is 0. The van der Waals surface area contributed by atoms with Crippen LogP contribution in [0.5, 0.6) is 0 Å². The lowest BCUT2D eigenvalue weighted by Gasteiger charge is -2.06. The van der Waals surface area contributed by atoms with Crippen molar-refractivity contribution in [2.24, 2.45) is 5.92 Å². The average Bonchev–Trinajstić information content (AvgIpc) is 2.75. The highest BCUT2D eigenvalue weighted by molar-refractivity contribution is 5.69. The lowest BCUT2D eigenvalue weighted by molar-refractivity contribution is -0.143. The summed E-state index contributed by atoms with van der Waals surface area (Å²) in [6.07, 6.45) is 29.9. The summed E-state index contributed by atoms with van der Waals surface area (Å²) in [6.45, 7) is 7.55. The van der Waals surface area contributed by atoms with E-state index in [0.29, 0.717) is 13.0 Å². The van der Waals surface area contributed by atoms with Gasteiger partial charge in [0.1, 0.15) is 0 Å². The summed E-state index contributed by atoms with van der Waals surface area (Å²) in [7, 11) is 0. The van der Waals surface area contributed by atoms with Crippen LogP contribution in [0.4, 0.5) is 0 Å². The lowest BCUT2D eigenvalue weighted by Crippen LogP contribution is -2.05. The molecule has 0 aliphatic rings. The van der Waals surface area contributed by atoms with Crippen LogP contribution in [0.15, 0.2) is 0 Å². The Balaban J connectivity index is 3.14. The van der Waals surface area contributed by atoms with Gasteiger partial charge in [-0.15, -0.1) is 0 Å². The van der Waals surface area contributed by atoms with Crippen molar-refractivity contribution in [1.29, 1.82) is 0 Å². The van der Waals surface area contributed by atoms with E-state index in [2.05, 4.69) is 20.8 Å². The largest absolute Gasteiger partial charge is 0.466 e. The molecule has 0 saturated heterocycles. The zero-order valence-electron chi connectivity index (χ0n) is 21.9. The van der Waals surface area contributed by atoms with Gasteiger partial charge in [0.2, 0.25) is 0 Å². The summed E-state index contributed by atoms with van der Waals surface area (Å²) in [5.41, 5.74) is 0. The zero-order valence-corrected chi connectivity index (χ0v) is 21.9. The van der Waals surface area contributed by atoms with Gasteiger partial charge in [-0.05, 0) is 18.8 Å². The second-order valence-electron chi connectivity index (χ2n) is 10.2. The fourth-order valence-corrected chi connectivity index (χ4v) is 4.26. The Hall–Kier alpha value is -0.530. The maximum atomic E-state index is 11.8. The van der Waals surface area contributed by atoms with Gasteiger partial charge in [0.15, 0.2) is 0 Å². The monoisotopic (exact) mass is 438 g/mol. The van der Waals surface area contributed by atoms with Gasteiger partial charge in [0, 0.05) is 6.42 Å². The van der Waals surface area contributed by atoms with Crippen molar-refractivity contribution in [3.63, 3.8) is 0 Å². The van der Waals surface area contributed by atoms with Crippen LogP contribution in [-0.4, -0.2) is 12.6 Å². The Morgan fingerprint density at radius 1 is 0.548 bits per heavy atom. The van der Waals surface area contributed by atoms with E-state index in [-0.39, 0.29) is 5.97 Å². The molecule has 0 radical (unpaired) electrons. The molecule has 0 amide bonds. The van der Waals surface area contributed by atoms with Crippen LogP contribution in [0.25, 0.3) is 0 Å². The van der Waals surface area contributed by atoms with Crippen LogP contribution >= 0.6 is 0 Å². The van der Waals surface area contributed by atoms with Gasteiger partial charge in [-0.2, -0.15) is 0 Å². The molecule has 0 aromatic heterocycles. The second-order valence-corrected chi connectivity index (χ2v) is 10.2. The van der Waals surface area contributed by atoms with Crippen molar-refractivity contribution < 1.29 is 9.53 Å². The molecule has 0 aliphatic carbocycles. The Labute approximate surface area is 196 Å². The smallest absolute Gasteiger partial charge is 0.305 e. The van der Waals surface area contributed by atoms with Gasteiger partial charge in [-0.25, -0.2) is 0 Å². The van der Waals surface area contributed by atoms with E-state index in [1.54, 1.807) is 0 Å². The van der Waals surface area contributed by atoms with Crippen LogP contribution in [0.1, 0.15) is 168 Å². The van der Waals surface area contributed by atoms with E-state index >= 15 is 0 Å². The minimum absolute atomic E-state index is 0.0205. The van der Waals surface area contributed by atoms with Crippen molar-refractivity contribution >= 4 is 5.97 Å². The molecule has 0 aliphatic heterocycles. The predicted molar refractivity (Wildman–Crippen MR) is 138 cm³/mol. The lowest BCUT2D eigenvalue weighted by atomic mass is 10.0. The maximum Gasteiger partial charge on any atom is 0.305 e. The number of ether oxygens (including phenoxy) is 1. The predicted octanol–water partition coefficient (Wildman–Crippen LogP) is 10.2. The molecule has 0 aromatic rings. The first-order valence-corrected chi connectivity index (χ1v) is 14.3. The van der Waals surface area contributed by atoms with Crippen molar-refractivity contribution in [2.45, 2.75) is 168 Å². The van der Waals surface area contributed by atoms with E-state index < -0.39 is 0 Å². The molecule has 0 atom stereocenters. The molecule has 0 unspecified atom stereocenters. The topological polar surface area (TPSA) is 26.3 Å². The highest BCUT2D eigenvalue weighted by atomic mass is 16.5. The summed E-state index contributed by atoms with van der Waals surface area (Å²) in [5.74, 6) is 0.892.